The zero-order chi connectivity index (χ0) is 12.2. The second-order valence-corrected chi connectivity index (χ2v) is 3.18. The minimum atomic E-state index is 0.364. The number of rotatable bonds is 6. The van der Waals surface area contributed by atoms with Crippen LogP contribution in [0, 0.1) is 11.3 Å². The number of nitrogens with one attached hydrogen (secondary N) is 1. The normalized spacial score (nSPS) is 13.4. The molecule has 0 aliphatic heterocycles. The van der Waals surface area contributed by atoms with Crippen LogP contribution >= 0.6 is 0 Å². The van der Waals surface area contributed by atoms with Crippen molar-refractivity contribution in [2.24, 2.45) is 4.99 Å². The maximum Gasteiger partial charge on any atom is 0.0670 e. The Hall–Kier alpha value is -1.82. The van der Waals surface area contributed by atoms with Crippen LogP contribution in [0.15, 0.2) is 40.7 Å². The third-order valence-electron chi connectivity index (χ3n) is 1.90. The van der Waals surface area contributed by atoms with Crippen molar-refractivity contribution < 1.29 is 0 Å². The van der Waals surface area contributed by atoms with E-state index < -0.39 is 0 Å². The summed E-state index contributed by atoms with van der Waals surface area (Å²) in [6.07, 6.45) is 10.8. The Bertz CT molecular complexity index is 341. The van der Waals surface area contributed by atoms with E-state index in [1.54, 1.807) is 19.5 Å². The molecule has 1 N–H and O–H groups in total. The van der Waals surface area contributed by atoms with Gasteiger partial charge in [0, 0.05) is 25.7 Å². The number of allylic oxidation sites excluding steroid dienone is 4. The van der Waals surface area contributed by atoms with Gasteiger partial charge in [-0.25, -0.2) is 0 Å². The molecule has 0 bridgehead atoms. The summed E-state index contributed by atoms with van der Waals surface area (Å²) < 4.78 is 0. The number of nitriles is 1. The van der Waals surface area contributed by atoms with Gasteiger partial charge in [-0.3, -0.25) is 4.99 Å². The largest absolute Gasteiger partial charge is 0.367 e. The average molecular weight is 217 g/mol. The summed E-state index contributed by atoms with van der Waals surface area (Å²) in [6.45, 7) is 4.09. The van der Waals surface area contributed by atoms with Gasteiger partial charge in [-0.1, -0.05) is 19.1 Å². The summed E-state index contributed by atoms with van der Waals surface area (Å²) in [4.78, 5) is 3.89. The van der Waals surface area contributed by atoms with Crippen molar-refractivity contribution in [1.29, 1.82) is 5.26 Å². The number of hydrogen-bond donors (Lipinski definition) is 1. The van der Waals surface area contributed by atoms with Crippen LogP contribution in [-0.4, -0.2) is 13.3 Å². The minimum absolute atomic E-state index is 0.364. The topological polar surface area (TPSA) is 48.2 Å². The molecule has 3 nitrogen and oxygen atoms in total. The first-order chi connectivity index (χ1) is 7.78. The van der Waals surface area contributed by atoms with E-state index in [1.807, 2.05) is 19.2 Å². The maximum atomic E-state index is 8.60. The molecule has 0 aliphatic rings. The molecule has 0 saturated heterocycles. The highest BCUT2D eigenvalue weighted by Gasteiger charge is 1.90. The zero-order valence-electron chi connectivity index (χ0n) is 10.2. The molecule has 0 fully saturated rings. The summed E-state index contributed by atoms with van der Waals surface area (Å²) >= 11 is 0. The van der Waals surface area contributed by atoms with Gasteiger partial charge in [-0.05, 0) is 24.5 Å². The van der Waals surface area contributed by atoms with Crippen LogP contribution in [0.4, 0.5) is 0 Å². The second-order valence-electron chi connectivity index (χ2n) is 3.18. The first-order valence-electron chi connectivity index (χ1n) is 5.34. The quantitative estimate of drug-likeness (QED) is 0.549. The Labute approximate surface area is 97.9 Å². The standard InChI is InChI=1S/C13H19N3/c1-4-6-12(5-2)10-16-11-13(7-8-14)9-15-3/h4,6,9-11,16H,5,7H2,1-3H3/b6-4-,12-10-,13-11?,15-9?. The van der Waals surface area contributed by atoms with Crippen LogP contribution < -0.4 is 5.32 Å². The molecular weight excluding hydrogens is 198 g/mol. The molecule has 0 atom stereocenters. The Kier molecular flexibility index (Phi) is 8.62. The van der Waals surface area contributed by atoms with Crippen LogP contribution in [0.2, 0.25) is 0 Å². The van der Waals surface area contributed by atoms with Gasteiger partial charge >= 0.3 is 0 Å². The van der Waals surface area contributed by atoms with Crippen molar-refractivity contribution in [2.45, 2.75) is 26.7 Å². The fourth-order valence-electron chi connectivity index (χ4n) is 1.13. The lowest BCUT2D eigenvalue weighted by Gasteiger charge is -1.99. The van der Waals surface area contributed by atoms with Crippen LogP contribution in [0.25, 0.3) is 0 Å². The molecule has 0 aromatic rings. The van der Waals surface area contributed by atoms with Gasteiger partial charge in [0.05, 0.1) is 12.5 Å². The van der Waals surface area contributed by atoms with Gasteiger partial charge in [-0.2, -0.15) is 5.26 Å². The highest BCUT2D eigenvalue weighted by Crippen LogP contribution is 2.01. The molecular formula is C13H19N3. The molecule has 86 valence electrons. The highest BCUT2D eigenvalue weighted by molar-refractivity contribution is 5.78. The third-order valence-corrected chi connectivity index (χ3v) is 1.90. The lowest BCUT2D eigenvalue weighted by Crippen LogP contribution is -1.98. The first kappa shape index (κ1) is 14.2. The third kappa shape index (κ3) is 6.61. The van der Waals surface area contributed by atoms with Crippen LogP contribution in [-0.2, 0) is 0 Å². The van der Waals surface area contributed by atoms with Gasteiger partial charge in [-0.15, -0.1) is 0 Å². The van der Waals surface area contributed by atoms with Crippen LogP contribution in [0.3, 0.4) is 0 Å². The van der Waals surface area contributed by atoms with Crippen LogP contribution in [0.1, 0.15) is 26.7 Å². The van der Waals surface area contributed by atoms with E-state index in [2.05, 4.69) is 29.4 Å². The van der Waals surface area contributed by atoms with Gasteiger partial charge in [0.2, 0.25) is 0 Å². The van der Waals surface area contributed by atoms with Crippen molar-refractivity contribution in [3.63, 3.8) is 0 Å². The van der Waals surface area contributed by atoms with E-state index in [9.17, 15) is 0 Å². The molecule has 0 heterocycles. The van der Waals surface area contributed by atoms with E-state index in [0.29, 0.717) is 6.42 Å². The van der Waals surface area contributed by atoms with Gasteiger partial charge in [0.15, 0.2) is 0 Å². The van der Waals surface area contributed by atoms with E-state index in [1.165, 1.54) is 5.57 Å². The van der Waals surface area contributed by atoms with E-state index in [-0.39, 0.29) is 0 Å². The van der Waals surface area contributed by atoms with E-state index >= 15 is 0 Å². The van der Waals surface area contributed by atoms with Crippen LogP contribution in [0.5, 0.6) is 0 Å². The Morgan fingerprint density at radius 1 is 1.38 bits per heavy atom. The predicted octanol–water partition coefficient (Wildman–Crippen LogP) is 2.94. The van der Waals surface area contributed by atoms with Gasteiger partial charge in [0.25, 0.3) is 0 Å². The van der Waals surface area contributed by atoms with Crippen molar-refractivity contribution in [3.05, 3.63) is 35.7 Å². The first-order valence-corrected chi connectivity index (χ1v) is 5.34. The van der Waals surface area contributed by atoms with Gasteiger partial charge < -0.3 is 5.32 Å². The Balaban J connectivity index is 4.48. The molecule has 0 spiro atoms. The fourth-order valence-corrected chi connectivity index (χ4v) is 1.13. The maximum absolute atomic E-state index is 8.60. The lowest BCUT2D eigenvalue weighted by molar-refractivity contribution is 1.07. The monoisotopic (exact) mass is 217 g/mol. The number of aliphatic imine (C=N–C) groups is 1. The molecule has 0 unspecified atom stereocenters. The Morgan fingerprint density at radius 2 is 2.06 bits per heavy atom. The average Bonchev–Trinajstić information content (AvgIpc) is 2.28. The molecule has 0 aromatic heterocycles. The summed E-state index contributed by atoms with van der Waals surface area (Å²) in [7, 11) is 1.69. The fraction of sp³-hybridized carbons (Fsp3) is 0.385. The molecule has 16 heavy (non-hydrogen) atoms. The zero-order valence-corrected chi connectivity index (χ0v) is 10.2. The summed E-state index contributed by atoms with van der Waals surface area (Å²) in [5, 5.41) is 11.7. The van der Waals surface area contributed by atoms with Crippen molar-refractivity contribution in [1.82, 2.24) is 5.32 Å². The molecule has 3 heteroatoms. The number of hydrogen-bond acceptors (Lipinski definition) is 3. The van der Waals surface area contributed by atoms with E-state index in [4.69, 9.17) is 5.26 Å². The molecule has 0 aliphatic carbocycles. The highest BCUT2D eigenvalue weighted by atomic mass is 14.8. The molecule has 0 aromatic carbocycles. The van der Waals surface area contributed by atoms with Gasteiger partial charge in [0.1, 0.15) is 0 Å². The second kappa shape index (κ2) is 9.72. The van der Waals surface area contributed by atoms with E-state index in [0.717, 1.165) is 12.0 Å². The van der Waals surface area contributed by atoms with Crippen molar-refractivity contribution >= 4 is 6.21 Å². The summed E-state index contributed by atoms with van der Waals surface area (Å²) in [6, 6.07) is 2.10. The summed E-state index contributed by atoms with van der Waals surface area (Å²) in [5.41, 5.74) is 2.08. The van der Waals surface area contributed by atoms with Crippen molar-refractivity contribution in [3.8, 4) is 6.07 Å². The predicted molar refractivity (Wildman–Crippen MR) is 69.1 cm³/mol. The SMILES string of the molecule is C/C=C\C(=C/NC=C(C=NC)CC#N)CC. The molecule has 0 rings (SSSR count). The lowest BCUT2D eigenvalue weighted by atomic mass is 10.2. The Morgan fingerprint density at radius 3 is 2.56 bits per heavy atom. The van der Waals surface area contributed by atoms with Crippen molar-refractivity contribution in [2.75, 3.05) is 7.05 Å². The molecule has 0 amide bonds. The molecule has 0 radical (unpaired) electrons. The summed E-state index contributed by atoms with van der Waals surface area (Å²) in [5.74, 6) is 0. The minimum Gasteiger partial charge on any atom is -0.367 e. The number of nitrogens with zero attached hydrogens (tertiary/aromatic N) is 2. The smallest absolute Gasteiger partial charge is 0.0670 e. The molecule has 0 saturated carbocycles.